The third kappa shape index (κ3) is 5.34. The molecule has 4 rings (SSSR count). The average molecular weight is 502 g/mol. The topological polar surface area (TPSA) is 71.0 Å². The monoisotopic (exact) mass is 501 g/mol. The molecule has 1 N–H and O–H groups in total. The van der Waals surface area contributed by atoms with Gasteiger partial charge in [-0.15, -0.1) is 0 Å². The zero-order valence-corrected chi connectivity index (χ0v) is 23.1. The third-order valence-corrected chi connectivity index (χ3v) is 7.70. The van der Waals surface area contributed by atoms with E-state index in [4.69, 9.17) is 9.73 Å². The molecule has 37 heavy (non-hydrogen) atoms. The summed E-state index contributed by atoms with van der Waals surface area (Å²) in [4.78, 5) is 32.0. The number of ether oxygens (including phenoxy) is 1. The van der Waals surface area contributed by atoms with E-state index in [9.17, 15) is 9.59 Å². The summed E-state index contributed by atoms with van der Waals surface area (Å²) in [6.45, 7) is 13.3. The first-order valence-corrected chi connectivity index (χ1v) is 13.2. The number of rotatable bonds is 6. The fourth-order valence-corrected chi connectivity index (χ4v) is 5.83. The molecule has 0 spiro atoms. The number of hydrogen-bond donors (Lipinski definition) is 1. The molecule has 0 radical (unpaired) electrons. The van der Waals surface area contributed by atoms with Crippen molar-refractivity contribution in [3.05, 3.63) is 64.3 Å². The van der Waals surface area contributed by atoms with Crippen molar-refractivity contribution in [2.45, 2.75) is 72.9 Å². The maximum atomic E-state index is 13.5. The van der Waals surface area contributed by atoms with Crippen molar-refractivity contribution in [1.82, 2.24) is 10.2 Å². The van der Waals surface area contributed by atoms with Crippen LogP contribution in [0.4, 0.5) is 4.79 Å². The summed E-state index contributed by atoms with van der Waals surface area (Å²) in [5.41, 5.74) is 11.1. The van der Waals surface area contributed by atoms with Crippen LogP contribution in [0.3, 0.4) is 0 Å². The van der Waals surface area contributed by atoms with E-state index in [1.165, 1.54) is 51.6 Å². The molecule has 6 heteroatoms. The highest BCUT2D eigenvalue weighted by Gasteiger charge is 2.38. The van der Waals surface area contributed by atoms with Crippen molar-refractivity contribution in [1.29, 1.82) is 0 Å². The second-order valence-electron chi connectivity index (χ2n) is 10.8. The van der Waals surface area contributed by atoms with Gasteiger partial charge in [-0.25, -0.2) is 4.79 Å². The lowest BCUT2D eigenvalue weighted by Crippen LogP contribution is -2.53. The van der Waals surface area contributed by atoms with E-state index in [0.717, 1.165) is 25.0 Å². The minimum absolute atomic E-state index is 0.0435. The minimum Gasteiger partial charge on any atom is -0.453 e. The van der Waals surface area contributed by atoms with Crippen molar-refractivity contribution < 1.29 is 14.3 Å². The molecule has 0 unspecified atom stereocenters. The van der Waals surface area contributed by atoms with Gasteiger partial charge in [0.2, 0.25) is 5.91 Å². The molecule has 2 aromatic carbocycles. The smallest absolute Gasteiger partial charge is 0.407 e. The van der Waals surface area contributed by atoms with E-state index >= 15 is 0 Å². The first kappa shape index (κ1) is 26.6. The van der Waals surface area contributed by atoms with Gasteiger partial charge in [-0.2, -0.15) is 0 Å². The maximum absolute atomic E-state index is 13.5. The van der Waals surface area contributed by atoms with Crippen LogP contribution in [0.2, 0.25) is 0 Å². The summed E-state index contributed by atoms with van der Waals surface area (Å²) in [5.74, 6) is -0.114. The molecule has 2 aliphatic rings. The number of benzene rings is 2. The molecule has 6 nitrogen and oxygen atoms in total. The fraction of sp³-hybridized carbons (Fsp3) is 0.452. The van der Waals surface area contributed by atoms with Gasteiger partial charge in [0.05, 0.1) is 13.2 Å². The number of nitrogens with zero attached hydrogens (tertiary/aromatic N) is 2. The lowest BCUT2D eigenvalue weighted by Gasteiger charge is -2.31. The first-order valence-electron chi connectivity index (χ1n) is 13.2. The molecule has 1 fully saturated rings. The second-order valence-corrected chi connectivity index (χ2v) is 10.8. The third-order valence-electron chi connectivity index (χ3n) is 7.70. The van der Waals surface area contributed by atoms with Crippen molar-refractivity contribution in [3.8, 4) is 11.1 Å². The summed E-state index contributed by atoms with van der Waals surface area (Å²) in [7, 11) is 1.31. The normalized spacial score (nSPS) is 18.1. The standard InChI is InChI=1S/C31H39N3O3/c1-18(2)29(33-31(36)37-7)30(35)34-13-9-12-26(34)25-16-24(17-32-25)23-14-21(5)28(22(6)15-23)27-19(3)10-8-11-20(27)4/h8,10-11,14-15,17-18,26,29H,9,12-13,16H2,1-7H3,(H,33,36)/t26-,29-/m0/s1. The zero-order chi connectivity index (χ0) is 26.9. The Morgan fingerprint density at radius 2 is 1.65 bits per heavy atom. The molecular weight excluding hydrogens is 462 g/mol. The summed E-state index contributed by atoms with van der Waals surface area (Å²) >= 11 is 0. The van der Waals surface area contributed by atoms with Crippen LogP contribution in [0.15, 0.2) is 41.5 Å². The molecule has 196 valence electrons. The van der Waals surface area contributed by atoms with Crippen LogP contribution >= 0.6 is 0 Å². The van der Waals surface area contributed by atoms with Crippen LogP contribution in [0.25, 0.3) is 16.7 Å². The Bertz CT molecular complexity index is 1230. The molecule has 1 saturated heterocycles. The number of aliphatic imine (C=N–C) groups is 1. The van der Waals surface area contributed by atoms with Crippen LogP contribution in [-0.2, 0) is 9.53 Å². The van der Waals surface area contributed by atoms with Gasteiger partial charge in [0.25, 0.3) is 0 Å². The number of aryl methyl sites for hydroxylation is 4. The van der Waals surface area contributed by atoms with Gasteiger partial charge in [-0.1, -0.05) is 44.2 Å². The Morgan fingerprint density at radius 1 is 1.03 bits per heavy atom. The number of methoxy groups -OCH3 is 1. The summed E-state index contributed by atoms with van der Waals surface area (Å²) in [6.07, 6.45) is 3.93. The van der Waals surface area contributed by atoms with Crippen molar-refractivity contribution in [3.63, 3.8) is 0 Å². The summed E-state index contributed by atoms with van der Waals surface area (Å²) in [5, 5.41) is 2.72. The van der Waals surface area contributed by atoms with E-state index in [2.05, 4.69) is 63.3 Å². The van der Waals surface area contributed by atoms with Gasteiger partial charge in [0.15, 0.2) is 0 Å². The van der Waals surface area contributed by atoms with Crippen molar-refractivity contribution in [2.75, 3.05) is 13.7 Å². The van der Waals surface area contributed by atoms with Gasteiger partial charge < -0.3 is 15.0 Å². The number of carbonyl (C=O) groups is 2. The van der Waals surface area contributed by atoms with Gasteiger partial charge in [-0.05, 0) is 91.0 Å². The molecule has 0 aliphatic carbocycles. The number of carbonyl (C=O) groups excluding carboxylic acids is 2. The number of allylic oxidation sites excluding steroid dienone is 1. The van der Waals surface area contributed by atoms with Gasteiger partial charge in [0, 0.05) is 24.9 Å². The van der Waals surface area contributed by atoms with Gasteiger partial charge >= 0.3 is 6.09 Å². The molecule has 2 atom stereocenters. The minimum atomic E-state index is -0.620. The lowest BCUT2D eigenvalue weighted by molar-refractivity contribution is -0.134. The molecular formula is C31H39N3O3. The molecule has 0 saturated carbocycles. The summed E-state index contributed by atoms with van der Waals surface area (Å²) in [6, 6.07) is 10.3. The average Bonchev–Trinajstić information content (AvgIpc) is 3.53. The highest BCUT2D eigenvalue weighted by molar-refractivity contribution is 6.04. The highest BCUT2D eigenvalue weighted by Crippen LogP contribution is 2.37. The Labute approximate surface area is 220 Å². The molecule has 2 aromatic rings. The number of hydrogen-bond acceptors (Lipinski definition) is 4. The van der Waals surface area contributed by atoms with Crippen LogP contribution in [0, 0.1) is 33.6 Å². The molecule has 2 aliphatic heterocycles. The number of alkyl carbamates (subject to hydrolysis) is 1. The second kappa shape index (κ2) is 10.9. The van der Waals surface area contributed by atoms with E-state index in [-0.39, 0.29) is 17.9 Å². The number of amides is 2. The SMILES string of the molecule is COC(=O)N[C@H](C(=O)N1CCC[C@H]1C1=NC=C(c2cc(C)c(-c3c(C)cccc3C)c(C)c2)C1)C(C)C. The quantitative estimate of drug-likeness (QED) is 0.516. The summed E-state index contributed by atoms with van der Waals surface area (Å²) < 4.78 is 4.75. The van der Waals surface area contributed by atoms with Crippen molar-refractivity contribution >= 4 is 23.3 Å². The molecule has 0 bridgehead atoms. The first-order chi connectivity index (χ1) is 17.6. The van der Waals surface area contributed by atoms with E-state index in [1.807, 2.05) is 24.9 Å². The Balaban J connectivity index is 1.53. The predicted molar refractivity (Wildman–Crippen MR) is 150 cm³/mol. The van der Waals surface area contributed by atoms with Crippen LogP contribution in [0.5, 0.6) is 0 Å². The molecule has 0 aromatic heterocycles. The number of nitrogens with one attached hydrogen (secondary N) is 1. The Morgan fingerprint density at radius 3 is 2.24 bits per heavy atom. The lowest BCUT2D eigenvalue weighted by atomic mass is 9.86. The van der Waals surface area contributed by atoms with E-state index < -0.39 is 12.1 Å². The van der Waals surface area contributed by atoms with Crippen LogP contribution in [0.1, 0.15) is 60.9 Å². The number of likely N-dealkylation sites (tertiary alicyclic amines) is 1. The zero-order valence-electron chi connectivity index (χ0n) is 23.1. The Kier molecular flexibility index (Phi) is 7.86. The van der Waals surface area contributed by atoms with Crippen LogP contribution in [-0.4, -0.2) is 48.4 Å². The fourth-order valence-electron chi connectivity index (χ4n) is 5.83. The predicted octanol–water partition coefficient (Wildman–Crippen LogP) is 6.14. The highest BCUT2D eigenvalue weighted by atomic mass is 16.5. The van der Waals surface area contributed by atoms with Crippen LogP contribution < -0.4 is 5.32 Å². The molecule has 2 heterocycles. The van der Waals surface area contributed by atoms with Gasteiger partial charge in [-0.3, -0.25) is 9.79 Å². The van der Waals surface area contributed by atoms with E-state index in [0.29, 0.717) is 6.54 Å². The maximum Gasteiger partial charge on any atom is 0.407 e. The molecule has 2 amide bonds. The Hall–Kier alpha value is -3.41. The van der Waals surface area contributed by atoms with Crippen molar-refractivity contribution in [2.24, 2.45) is 10.9 Å². The largest absolute Gasteiger partial charge is 0.453 e. The van der Waals surface area contributed by atoms with E-state index in [1.54, 1.807) is 0 Å². The van der Waals surface area contributed by atoms with Gasteiger partial charge in [0.1, 0.15) is 6.04 Å².